The van der Waals surface area contributed by atoms with Crippen molar-refractivity contribution in [2.75, 3.05) is 0 Å². The van der Waals surface area contributed by atoms with E-state index in [9.17, 15) is 9.18 Å². The van der Waals surface area contributed by atoms with Crippen molar-refractivity contribution < 1.29 is 13.9 Å². The lowest BCUT2D eigenvalue weighted by Crippen LogP contribution is -2.39. The zero-order valence-corrected chi connectivity index (χ0v) is 14.9. The van der Waals surface area contributed by atoms with Crippen LogP contribution in [0.2, 0.25) is 0 Å². The van der Waals surface area contributed by atoms with Crippen LogP contribution in [0.5, 0.6) is 5.75 Å². The van der Waals surface area contributed by atoms with Gasteiger partial charge in [-0.15, -0.1) is 0 Å². The van der Waals surface area contributed by atoms with E-state index < -0.39 is 6.10 Å². The molecule has 26 heavy (non-hydrogen) atoms. The summed E-state index contributed by atoms with van der Waals surface area (Å²) in [6.07, 6.45) is -0.0470. The topological polar surface area (TPSA) is 38.3 Å². The van der Waals surface area contributed by atoms with Gasteiger partial charge in [0.05, 0.1) is 6.04 Å². The van der Waals surface area contributed by atoms with Crippen LogP contribution in [0.15, 0.2) is 66.7 Å². The van der Waals surface area contributed by atoms with E-state index in [1.807, 2.05) is 56.3 Å². The first-order chi connectivity index (χ1) is 12.6. The largest absolute Gasteiger partial charge is 0.480 e. The Morgan fingerprint density at radius 3 is 2.46 bits per heavy atom. The Hall–Kier alpha value is -2.88. The fraction of sp³-hybridized carbons (Fsp3) is 0.227. The first kappa shape index (κ1) is 17.9. The van der Waals surface area contributed by atoms with Gasteiger partial charge in [-0.25, -0.2) is 4.39 Å². The van der Waals surface area contributed by atoms with Crippen molar-refractivity contribution in [2.24, 2.45) is 0 Å². The molecule has 0 radical (unpaired) electrons. The van der Waals surface area contributed by atoms with Crippen LogP contribution < -0.4 is 10.1 Å². The van der Waals surface area contributed by atoms with Crippen LogP contribution in [0, 0.1) is 5.82 Å². The van der Waals surface area contributed by atoms with Crippen LogP contribution >= 0.6 is 0 Å². The molecule has 4 heteroatoms. The minimum atomic E-state index is -0.594. The fourth-order valence-corrected chi connectivity index (χ4v) is 2.92. The van der Waals surface area contributed by atoms with Crippen molar-refractivity contribution in [1.82, 2.24) is 5.32 Å². The highest BCUT2D eigenvalue weighted by atomic mass is 19.1. The Kier molecular flexibility index (Phi) is 5.52. The minimum Gasteiger partial charge on any atom is -0.480 e. The summed E-state index contributed by atoms with van der Waals surface area (Å²) < 4.78 is 19.1. The molecule has 0 fully saturated rings. The minimum absolute atomic E-state index is 0.183. The lowest BCUT2D eigenvalue weighted by molar-refractivity contribution is -0.128. The summed E-state index contributed by atoms with van der Waals surface area (Å²) in [5.41, 5.74) is 0.847. The molecule has 0 aromatic heterocycles. The second-order valence-corrected chi connectivity index (χ2v) is 6.27. The lowest BCUT2D eigenvalue weighted by atomic mass is 10.1. The van der Waals surface area contributed by atoms with Gasteiger partial charge in [0.15, 0.2) is 6.10 Å². The number of amides is 1. The Morgan fingerprint density at radius 2 is 1.73 bits per heavy atom. The van der Waals surface area contributed by atoms with E-state index >= 15 is 0 Å². The SMILES string of the molecule is CC[C@@H](Oc1cccc2ccccc12)C(=O)N[C@@H](C)c1ccc(F)cc1. The number of benzene rings is 3. The molecule has 3 aromatic carbocycles. The third-order valence-electron chi connectivity index (χ3n) is 4.41. The molecule has 0 aliphatic rings. The Bertz CT molecular complexity index is 887. The molecule has 3 aromatic rings. The molecular weight excluding hydrogens is 329 g/mol. The van der Waals surface area contributed by atoms with Crippen LogP contribution in [0.4, 0.5) is 4.39 Å². The highest BCUT2D eigenvalue weighted by molar-refractivity contribution is 5.89. The maximum absolute atomic E-state index is 13.1. The number of halogens is 1. The second-order valence-electron chi connectivity index (χ2n) is 6.27. The van der Waals surface area contributed by atoms with E-state index in [1.54, 1.807) is 12.1 Å². The molecule has 3 rings (SSSR count). The highest BCUT2D eigenvalue weighted by Crippen LogP contribution is 2.26. The molecule has 0 saturated carbocycles. The summed E-state index contributed by atoms with van der Waals surface area (Å²) in [6, 6.07) is 19.6. The van der Waals surface area contributed by atoms with E-state index in [2.05, 4.69) is 5.32 Å². The third kappa shape index (κ3) is 4.02. The molecule has 0 aliphatic carbocycles. The van der Waals surface area contributed by atoms with Gasteiger partial charge in [0.2, 0.25) is 0 Å². The van der Waals surface area contributed by atoms with Gasteiger partial charge in [-0.05, 0) is 42.5 Å². The first-order valence-electron chi connectivity index (χ1n) is 8.78. The van der Waals surface area contributed by atoms with E-state index in [0.29, 0.717) is 12.2 Å². The number of nitrogens with one attached hydrogen (secondary N) is 1. The molecule has 3 nitrogen and oxygen atoms in total. The smallest absolute Gasteiger partial charge is 0.261 e. The number of carbonyl (C=O) groups excluding carboxylic acids is 1. The molecule has 1 amide bonds. The molecule has 2 atom stereocenters. The van der Waals surface area contributed by atoms with Crippen LogP contribution in [0.3, 0.4) is 0 Å². The Labute approximate surface area is 152 Å². The average Bonchev–Trinajstić information content (AvgIpc) is 2.66. The molecule has 134 valence electrons. The number of carbonyl (C=O) groups is 1. The summed E-state index contributed by atoms with van der Waals surface area (Å²) in [7, 11) is 0. The summed E-state index contributed by atoms with van der Waals surface area (Å²) in [4.78, 5) is 12.7. The van der Waals surface area contributed by atoms with Crippen LogP contribution in [0.1, 0.15) is 31.9 Å². The van der Waals surface area contributed by atoms with Crippen molar-refractivity contribution in [1.29, 1.82) is 0 Å². The number of rotatable bonds is 6. The van der Waals surface area contributed by atoms with E-state index in [1.165, 1.54) is 12.1 Å². The lowest BCUT2D eigenvalue weighted by Gasteiger charge is -2.21. The average molecular weight is 351 g/mol. The fourth-order valence-electron chi connectivity index (χ4n) is 2.92. The third-order valence-corrected chi connectivity index (χ3v) is 4.41. The standard InChI is InChI=1S/C22H22FNO2/c1-3-20(22(25)24-15(2)16-11-13-18(23)14-12-16)26-21-10-6-8-17-7-4-5-9-19(17)21/h4-15,20H,3H2,1-2H3,(H,24,25)/t15-,20+/m0/s1. The van der Waals surface area contributed by atoms with Gasteiger partial charge >= 0.3 is 0 Å². The van der Waals surface area contributed by atoms with Crippen molar-refractivity contribution in [3.8, 4) is 5.75 Å². The zero-order chi connectivity index (χ0) is 18.5. The molecule has 0 bridgehead atoms. The molecule has 1 N–H and O–H groups in total. The normalized spacial score (nSPS) is 13.2. The van der Waals surface area contributed by atoms with Gasteiger partial charge in [0.25, 0.3) is 5.91 Å². The van der Waals surface area contributed by atoms with Gasteiger partial charge in [-0.2, -0.15) is 0 Å². The summed E-state index contributed by atoms with van der Waals surface area (Å²) in [6.45, 7) is 3.79. The maximum atomic E-state index is 13.1. The Morgan fingerprint density at radius 1 is 1.04 bits per heavy atom. The number of ether oxygens (including phenoxy) is 1. The van der Waals surface area contributed by atoms with Crippen molar-refractivity contribution >= 4 is 16.7 Å². The van der Waals surface area contributed by atoms with E-state index in [0.717, 1.165) is 16.3 Å². The van der Waals surface area contributed by atoms with Crippen molar-refractivity contribution in [3.05, 3.63) is 78.1 Å². The molecule has 0 heterocycles. The Balaban J connectivity index is 1.73. The van der Waals surface area contributed by atoms with Crippen molar-refractivity contribution in [3.63, 3.8) is 0 Å². The molecule has 0 saturated heterocycles. The van der Waals surface area contributed by atoms with Gasteiger partial charge < -0.3 is 10.1 Å². The molecule has 0 aliphatic heterocycles. The van der Waals surface area contributed by atoms with Gasteiger partial charge in [-0.3, -0.25) is 4.79 Å². The quantitative estimate of drug-likeness (QED) is 0.678. The predicted molar refractivity (Wildman–Crippen MR) is 102 cm³/mol. The first-order valence-corrected chi connectivity index (χ1v) is 8.78. The highest BCUT2D eigenvalue weighted by Gasteiger charge is 2.21. The van der Waals surface area contributed by atoms with Crippen LogP contribution in [-0.4, -0.2) is 12.0 Å². The van der Waals surface area contributed by atoms with Gasteiger partial charge in [-0.1, -0.05) is 55.5 Å². The maximum Gasteiger partial charge on any atom is 0.261 e. The zero-order valence-electron chi connectivity index (χ0n) is 14.9. The second kappa shape index (κ2) is 8.00. The van der Waals surface area contributed by atoms with Crippen molar-refractivity contribution in [2.45, 2.75) is 32.4 Å². The number of hydrogen-bond donors (Lipinski definition) is 1. The van der Waals surface area contributed by atoms with E-state index in [4.69, 9.17) is 4.74 Å². The van der Waals surface area contributed by atoms with Gasteiger partial charge in [0.1, 0.15) is 11.6 Å². The summed E-state index contributed by atoms with van der Waals surface area (Å²) in [5, 5.41) is 5.00. The van der Waals surface area contributed by atoms with Crippen LogP contribution in [0.25, 0.3) is 10.8 Å². The summed E-state index contributed by atoms with van der Waals surface area (Å²) >= 11 is 0. The molecule has 0 unspecified atom stereocenters. The molecule has 0 spiro atoms. The molecular formula is C22H22FNO2. The van der Waals surface area contributed by atoms with E-state index in [-0.39, 0.29) is 17.8 Å². The number of fused-ring (bicyclic) bond motifs is 1. The van der Waals surface area contributed by atoms with Crippen LogP contribution in [-0.2, 0) is 4.79 Å². The van der Waals surface area contributed by atoms with Gasteiger partial charge in [0, 0.05) is 5.39 Å². The summed E-state index contributed by atoms with van der Waals surface area (Å²) in [5.74, 6) is 0.217. The predicted octanol–water partition coefficient (Wildman–Crippen LogP) is 5.01. The number of hydrogen-bond acceptors (Lipinski definition) is 2. The monoisotopic (exact) mass is 351 g/mol.